The van der Waals surface area contributed by atoms with E-state index in [2.05, 4.69) is 53.4 Å². The molecule has 3 heteroatoms. The molecule has 1 atom stereocenters. The van der Waals surface area contributed by atoms with Gasteiger partial charge in [-0.05, 0) is 34.6 Å². The minimum absolute atomic E-state index is 0.279. The molecule has 2 nitrogen and oxygen atoms in total. The molecule has 0 aromatic carbocycles. The van der Waals surface area contributed by atoms with Gasteiger partial charge in [-0.2, -0.15) is 0 Å². The van der Waals surface area contributed by atoms with Crippen molar-refractivity contribution in [3.63, 3.8) is 0 Å². The maximum Gasteiger partial charge on any atom is 0.461 e. The molecule has 0 N–H and O–H groups in total. The van der Waals surface area contributed by atoms with E-state index in [1.807, 2.05) is 0 Å². The van der Waals surface area contributed by atoms with Gasteiger partial charge in [-0.3, -0.25) is 4.90 Å². The molecule has 0 rings (SSSR count). The van der Waals surface area contributed by atoms with Gasteiger partial charge in [-0.15, -0.1) is 0 Å². The van der Waals surface area contributed by atoms with Gasteiger partial charge in [0.2, 0.25) is 0 Å². The van der Waals surface area contributed by atoms with Crippen molar-refractivity contribution in [3.8, 4) is 0 Å². The zero-order valence-corrected chi connectivity index (χ0v) is 12.7. The minimum atomic E-state index is -0.930. The second-order valence-corrected chi connectivity index (χ2v) is 7.96. The molecule has 0 saturated carbocycles. The summed E-state index contributed by atoms with van der Waals surface area (Å²) in [6.45, 7) is 15.7. The lowest BCUT2D eigenvalue weighted by Gasteiger charge is -2.37. The lowest BCUT2D eigenvalue weighted by atomic mass is 10.2. The van der Waals surface area contributed by atoms with Gasteiger partial charge in [0.1, 0.15) is 0 Å². The first-order valence-electron chi connectivity index (χ1n) is 6.36. The van der Waals surface area contributed by atoms with Gasteiger partial charge in [0.05, 0.1) is 6.23 Å². The molecule has 0 amide bonds. The van der Waals surface area contributed by atoms with Crippen molar-refractivity contribution in [1.82, 2.24) is 4.90 Å². The summed E-state index contributed by atoms with van der Waals surface area (Å²) in [5.41, 5.74) is 0. The van der Waals surface area contributed by atoms with E-state index in [-0.39, 0.29) is 6.23 Å². The van der Waals surface area contributed by atoms with E-state index in [1.54, 1.807) is 0 Å². The molecule has 1 unspecified atom stereocenters. The molecule has 0 saturated heterocycles. The van der Waals surface area contributed by atoms with Gasteiger partial charge in [0, 0.05) is 12.1 Å². The number of nitrogens with zero attached hydrogens (tertiary/aromatic N) is 1. The van der Waals surface area contributed by atoms with Gasteiger partial charge >= 0.3 is 14.5 Å². The SMILES string of the molecule is C[CH2][Al]([CH2]C)[O]C(C)N(C(C)C)C(C)C. The van der Waals surface area contributed by atoms with Crippen molar-refractivity contribution in [2.75, 3.05) is 0 Å². The highest BCUT2D eigenvalue weighted by Crippen LogP contribution is 2.14. The largest absolute Gasteiger partial charge is 0.487 e. The summed E-state index contributed by atoms with van der Waals surface area (Å²) < 4.78 is 6.20. The summed E-state index contributed by atoms with van der Waals surface area (Å²) in [5, 5.41) is 2.48. The Balaban J connectivity index is 4.30. The van der Waals surface area contributed by atoms with Crippen LogP contribution in [0, 0.1) is 0 Å². The van der Waals surface area contributed by atoms with Gasteiger partial charge in [0.25, 0.3) is 0 Å². The first-order chi connectivity index (χ1) is 6.93. The Morgan fingerprint density at radius 2 is 1.33 bits per heavy atom. The van der Waals surface area contributed by atoms with Crippen LogP contribution in [0.5, 0.6) is 0 Å². The molecule has 0 aliphatic carbocycles. The molecule has 0 radical (unpaired) electrons. The number of hydrogen-bond donors (Lipinski definition) is 0. The van der Waals surface area contributed by atoms with Gasteiger partial charge < -0.3 is 3.79 Å². The van der Waals surface area contributed by atoms with Crippen LogP contribution >= 0.6 is 0 Å². The monoisotopic (exact) mass is 229 g/mol. The van der Waals surface area contributed by atoms with Crippen molar-refractivity contribution in [2.24, 2.45) is 0 Å². The Hall–Kier alpha value is 0.452. The average Bonchev–Trinajstić information content (AvgIpc) is 2.12. The van der Waals surface area contributed by atoms with Crippen LogP contribution in [-0.2, 0) is 3.79 Å². The summed E-state index contributed by atoms with van der Waals surface area (Å²) in [7, 11) is 0. The normalized spacial score (nSPS) is 14.0. The zero-order chi connectivity index (χ0) is 12.0. The van der Waals surface area contributed by atoms with E-state index in [4.69, 9.17) is 3.79 Å². The van der Waals surface area contributed by atoms with E-state index in [9.17, 15) is 0 Å². The second kappa shape index (κ2) is 7.68. The molecule has 0 heterocycles. The molecule has 0 aromatic rings. The van der Waals surface area contributed by atoms with Gasteiger partial charge in [-0.25, -0.2) is 0 Å². The molecule has 90 valence electrons. The van der Waals surface area contributed by atoms with Crippen LogP contribution in [-0.4, -0.2) is 37.7 Å². The molecular formula is C12H28AlNO. The van der Waals surface area contributed by atoms with Crippen molar-refractivity contribution in [3.05, 3.63) is 0 Å². The van der Waals surface area contributed by atoms with Crippen LogP contribution in [0.25, 0.3) is 0 Å². The first kappa shape index (κ1) is 15.5. The highest BCUT2D eigenvalue weighted by molar-refractivity contribution is 6.51. The van der Waals surface area contributed by atoms with E-state index in [0.29, 0.717) is 12.1 Å². The highest BCUT2D eigenvalue weighted by atomic mass is 27.2. The molecule has 0 aromatic heterocycles. The molecule has 0 aliphatic heterocycles. The van der Waals surface area contributed by atoms with Crippen molar-refractivity contribution < 1.29 is 3.79 Å². The Bertz CT molecular complexity index is 150. The number of hydrogen-bond acceptors (Lipinski definition) is 2. The summed E-state index contributed by atoms with van der Waals surface area (Å²) in [4.78, 5) is 2.45. The van der Waals surface area contributed by atoms with Crippen LogP contribution < -0.4 is 0 Å². The Labute approximate surface area is 101 Å². The third kappa shape index (κ3) is 5.36. The van der Waals surface area contributed by atoms with E-state index >= 15 is 0 Å². The van der Waals surface area contributed by atoms with Crippen molar-refractivity contribution in [1.29, 1.82) is 0 Å². The zero-order valence-electron chi connectivity index (χ0n) is 11.6. The highest BCUT2D eigenvalue weighted by Gasteiger charge is 2.25. The average molecular weight is 229 g/mol. The van der Waals surface area contributed by atoms with Crippen molar-refractivity contribution in [2.45, 2.75) is 77.3 Å². The minimum Gasteiger partial charge on any atom is -0.487 e. The van der Waals surface area contributed by atoms with Gasteiger partial charge in [-0.1, -0.05) is 24.4 Å². The summed E-state index contributed by atoms with van der Waals surface area (Å²) in [5.74, 6) is 0. The van der Waals surface area contributed by atoms with E-state index < -0.39 is 14.5 Å². The summed E-state index contributed by atoms with van der Waals surface area (Å²) in [6, 6.07) is 1.12. The molecule has 0 bridgehead atoms. The van der Waals surface area contributed by atoms with E-state index in [0.717, 1.165) is 0 Å². The van der Waals surface area contributed by atoms with Crippen LogP contribution in [0.15, 0.2) is 0 Å². The van der Waals surface area contributed by atoms with Gasteiger partial charge in [0.15, 0.2) is 0 Å². The third-order valence-corrected chi connectivity index (χ3v) is 5.51. The molecule has 0 spiro atoms. The van der Waals surface area contributed by atoms with E-state index in [1.165, 1.54) is 10.6 Å². The van der Waals surface area contributed by atoms with Crippen molar-refractivity contribution >= 4 is 14.5 Å². The van der Waals surface area contributed by atoms with Crippen LogP contribution in [0.2, 0.25) is 10.6 Å². The maximum absolute atomic E-state index is 6.20. The first-order valence-corrected chi connectivity index (χ1v) is 8.47. The molecule has 0 fully saturated rings. The fourth-order valence-electron chi connectivity index (χ4n) is 2.27. The Morgan fingerprint density at radius 1 is 0.933 bits per heavy atom. The fourth-order valence-corrected chi connectivity index (χ4v) is 3.93. The molecular weight excluding hydrogens is 201 g/mol. The predicted octanol–water partition coefficient (Wildman–Crippen LogP) is 3.50. The Morgan fingerprint density at radius 3 is 1.60 bits per heavy atom. The lowest BCUT2D eigenvalue weighted by molar-refractivity contribution is -0.00813. The summed E-state index contributed by atoms with van der Waals surface area (Å²) in [6.07, 6.45) is 0.279. The smallest absolute Gasteiger partial charge is 0.461 e. The standard InChI is InChI=1S/C8H18NO.2C2H5.Al/c1-6(2)9(7(3)4)8(5)10;2*1-2;/h6-8H,1-5H3;2*1H2,2H3;/q-1;;;+1. The van der Waals surface area contributed by atoms with Crippen LogP contribution in [0.4, 0.5) is 0 Å². The summed E-state index contributed by atoms with van der Waals surface area (Å²) >= 11 is -0.930. The van der Waals surface area contributed by atoms with Crippen LogP contribution in [0.3, 0.4) is 0 Å². The lowest BCUT2D eigenvalue weighted by Crippen LogP contribution is -2.46. The maximum atomic E-state index is 6.20. The van der Waals surface area contributed by atoms with Crippen LogP contribution in [0.1, 0.15) is 48.5 Å². The number of rotatable bonds is 7. The topological polar surface area (TPSA) is 12.5 Å². The Kier molecular flexibility index (Phi) is 7.91. The molecule has 15 heavy (non-hydrogen) atoms. The second-order valence-electron chi connectivity index (χ2n) is 4.81. The quantitative estimate of drug-likeness (QED) is 0.489. The molecule has 0 aliphatic rings. The predicted molar refractivity (Wildman–Crippen MR) is 69.4 cm³/mol. The fraction of sp³-hybridized carbons (Fsp3) is 1.00. The third-order valence-electron chi connectivity index (χ3n) is 2.91.